The van der Waals surface area contributed by atoms with Crippen LogP contribution in [0.25, 0.3) is 21.3 Å². The Bertz CT molecular complexity index is 2800. The summed E-state index contributed by atoms with van der Waals surface area (Å²) in [6.45, 7) is 25.3. The van der Waals surface area contributed by atoms with Gasteiger partial charge in [0.2, 0.25) is 0 Å². The topological polar surface area (TPSA) is 156 Å². The average molecular weight is 1080 g/mol. The Kier molecular flexibility index (Phi) is 17.5. The molecule has 11 rings (SSSR count). The van der Waals surface area contributed by atoms with Crippen LogP contribution in [0.15, 0.2) is 60.1 Å². The van der Waals surface area contributed by atoms with E-state index in [1.54, 1.807) is 0 Å². The zero-order valence-corrected chi connectivity index (χ0v) is 45.5. The Morgan fingerprint density at radius 2 is 1.18 bits per heavy atom. The highest BCUT2D eigenvalue weighted by Gasteiger charge is 2.52. The second kappa shape index (κ2) is 22.8. The van der Waals surface area contributed by atoms with Crippen molar-refractivity contribution in [2.75, 3.05) is 52.6 Å². The van der Waals surface area contributed by atoms with Crippen molar-refractivity contribution in [2.24, 2.45) is 0 Å². The number of piperidine rings is 2. The average Bonchev–Trinajstić information content (AvgIpc) is 4.18. The quantitative estimate of drug-likeness (QED) is 0.179. The number of likely N-dealkylation sites (tertiary alicyclic amines) is 2. The van der Waals surface area contributed by atoms with Crippen LogP contribution in [0.2, 0.25) is 0 Å². The Morgan fingerprint density at radius 1 is 0.689 bits per heavy atom. The molecule has 18 heteroatoms. The van der Waals surface area contributed by atoms with Gasteiger partial charge >= 0.3 is 19.3 Å². The lowest BCUT2D eigenvalue weighted by molar-refractivity contribution is 0.00578. The number of carbonyl (C=O) groups excluding carboxylic acids is 2. The molecule has 0 spiro atoms. The number of imidazole rings is 2. The van der Waals surface area contributed by atoms with E-state index in [0.717, 1.165) is 128 Å². The number of halogens is 1. The monoisotopic (exact) mass is 1080 g/mol. The number of allylic oxidation sites excluding steroid dienone is 3. The molecule has 0 saturated carbocycles. The molecule has 0 N–H and O–H groups in total. The molecule has 0 aromatic carbocycles. The fourth-order valence-corrected chi connectivity index (χ4v) is 10.7. The highest BCUT2D eigenvalue weighted by atomic mass is 79.9. The molecule has 0 radical (unpaired) electrons. The van der Waals surface area contributed by atoms with Crippen LogP contribution >= 0.6 is 15.9 Å². The summed E-state index contributed by atoms with van der Waals surface area (Å²) in [6, 6.07) is 0. The van der Waals surface area contributed by atoms with Crippen molar-refractivity contribution >= 4 is 56.6 Å². The van der Waals surface area contributed by atoms with Gasteiger partial charge < -0.3 is 38.1 Å². The normalized spacial score (nSPS) is 22.1. The van der Waals surface area contributed by atoms with Gasteiger partial charge in [0.15, 0.2) is 11.3 Å². The summed E-state index contributed by atoms with van der Waals surface area (Å²) >= 11 is 3.62. The van der Waals surface area contributed by atoms with Gasteiger partial charge in [0, 0.05) is 67.7 Å². The van der Waals surface area contributed by atoms with Gasteiger partial charge in [-0.3, -0.25) is 18.8 Å². The SMILES string of the molecule is C.C.CC(C)(C)OC(=O)N1CCCC(c2cn3c4c(ncc3n2)CC=C4Br)C1.CC(C)(C)OC(=O)N1CCCC(c2cn3c4c(ncc3n2)CC=C4C2=CCOCC2)C1.CC1(C)OB(C2=CCOCC2)OC1(C)C. The van der Waals surface area contributed by atoms with Crippen LogP contribution in [0, 0.1) is 0 Å². The second-order valence-electron chi connectivity index (χ2n) is 22.8. The summed E-state index contributed by atoms with van der Waals surface area (Å²) in [5.74, 6) is 0.420. The van der Waals surface area contributed by atoms with Crippen LogP contribution in [0.5, 0.6) is 0 Å². The van der Waals surface area contributed by atoms with Crippen LogP contribution in [-0.4, -0.2) is 133 Å². The fourth-order valence-electron chi connectivity index (χ4n) is 10.1. The van der Waals surface area contributed by atoms with Crippen LogP contribution in [-0.2, 0) is 41.1 Å². The Morgan fingerprint density at radius 3 is 1.66 bits per heavy atom. The lowest BCUT2D eigenvalue weighted by Crippen LogP contribution is -2.42. The van der Waals surface area contributed by atoms with E-state index in [4.69, 9.17) is 43.2 Å². The molecule has 2 aliphatic carbocycles. The lowest BCUT2D eigenvalue weighted by atomic mass is 9.75. The van der Waals surface area contributed by atoms with Crippen LogP contribution in [0.1, 0.15) is 169 Å². The predicted molar refractivity (Wildman–Crippen MR) is 294 cm³/mol. The second-order valence-corrected chi connectivity index (χ2v) is 23.6. The van der Waals surface area contributed by atoms with Crippen LogP contribution in [0.4, 0.5) is 9.59 Å². The number of hydrogen-bond acceptors (Lipinski definition) is 12. The molecule has 2 amide bonds. The number of hydrogen-bond donors (Lipinski definition) is 0. The zero-order chi connectivity index (χ0) is 51.2. The number of carbonyl (C=O) groups is 2. The zero-order valence-electron chi connectivity index (χ0n) is 43.9. The van der Waals surface area contributed by atoms with E-state index >= 15 is 0 Å². The first-order chi connectivity index (χ1) is 34.1. The van der Waals surface area contributed by atoms with E-state index in [1.165, 1.54) is 16.6 Å². The Labute approximate surface area is 447 Å². The summed E-state index contributed by atoms with van der Waals surface area (Å²) in [5, 5.41) is 0. The summed E-state index contributed by atoms with van der Waals surface area (Å²) in [4.78, 5) is 47.6. The third-order valence-corrected chi connectivity index (χ3v) is 15.2. The summed E-state index contributed by atoms with van der Waals surface area (Å²) in [7, 11) is -0.182. The van der Waals surface area contributed by atoms with E-state index in [9.17, 15) is 9.59 Å². The lowest BCUT2D eigenvalue weighted by Gasteiger charge is -2.33. The first-order valence-electron chi connectivity index (χ1n) is 25.8. The molecule has 0 bridgehead atoms. The molecule has 2 atom stereocenters. The maximum absolute atomic E-state index is 12.6. The van der Waals surface area contributed by atoms with Gasteiger partial charge in [-0.05, 0) is 140 Å². The van der Waals surface area contributed by atoms with Gasteiger partial charge in [-0.1, -0.05) is 39.2 Å². The van der Waals surface area contributed by atoms with Crippen molar-refractivity contribution in [3.63, 3.8) is 0 Å². The van der Waals surface area contributed by atoms with Gasteiger partial charge in [0.05, 0.1) is 84.2 Å². The molecule has 4 aromatic rings. The molecule has 3 saturated heterocycles. The first-order valence-corrected chi connectivity index (χ1v) is 26.6. The number of rotatable bonds is 4. The molecule has 5 aliphatic heterocycles. The van der Waals surface area contributed by atoms with Crippen molar-refractivity contribution in [3.05, 3.63) is 94.3 Å². The van der Waals surface area contributed by atoms with Crippen molar-refractivity contribution in [1.82, 2.24) is 38.5 Å². The predicted octanol–water partition coefficient (Wildman–Crippen LogP) is 11.5. The van der Waals surface area contributed by atoms with E-state index in [-0.39, 0.29) is 57.2 Å². The summed E-state index contributed by atoms with van der Waals surface area (Å²) < 4.78 is 39.2. The molecule has 3 fully saturated rings. The van der Waals surface area contributed by atoms with Crippen LogP contribution < -0.4 is 0 Å². The number of amides is 2. The van der Waals surface area contributed by atoms with Crippen molar-refractivity contribution in [2.45, 2.75) is 170 Å². The number of ether oxygens (including phenoxy) is 4. The van der Waals surface area contributed by atoms with Crippen LogP contribution in [0.3, 0.4) is 0 Å². The van der Waals surface area contributed by atoms with Gasteiger partial charge in [-0.2, -0.15) is 0 Å². The van der Waals surface area contributed by atoms with Gasteiger partial charge in [-0.25, -0.2) is 19.6 Å². The Balaban J connectivity index is 0.000000169. The molecular formula is C56H80BBrN8O8. The molecule has 9 heterocycles. The molecule has 4 aromatic heterocycles. The highest BCUT2D eigenvalue weighted by Crippen LogP contribution is 2.40. The first kappa shape index (κ1) is 56.8. The fraction of sp³-hybridized carbons (Fsp3) is 0.607. The van der Waals surface area contributed by atoms with Crippen molar-refractivity contribution in [1.29, 1.82) is 0 Å². The third kappa shape index (κ3) is 12.7. The minimum absolute atomic E-state index is 0. The molecule has 16 nitrogen and oxygen atoms in total. The van der Waals surface area contributed by atoms with E-state index in [2.05, 4.69) is 94.1 Å². The minimum Gasteiger partial charge on any atom is -0.444 e. The van der Waals surface area contributed by atoms with Crippen molar-refractivity contribution < 1.29 is 37.8 Å². The number of nitrogens with zero attached hydrogens (tertiary/aromatic N) is 8. The minimum atomic E-state index is -0.485. The molecule has 7 aliphatic rings. The molecule has 74 heavy (non-hydrogen) atoms. The standard InChI is InChI=1S/C24H30N4O3.C19H23BrN4O2.C11H19BO3.2CH4/c1-24(2,3)31-23(29)27-10-4-5-17(14-27)20-15-28-21(26-20)13-25-19-7-6-18(22(19)28)16-8-11-30-12-9-16;1-19(2,3)26-18(25)23-8-4-5-12(10-23)15-11-24-16(22-15)9-21-14-7-6-13(20)17(14)24;1-10(2)11(3,4)15-12(14-10)9-5-7-13-8-6-9;;/h6,8,13,15,17H,4-5,7,9-12,14H2,1-3H3;6,9,11-12H,4-5,7-8,10H2,1-3H3;5H,6-8H2,1-4H3;2*1H4. The van der Waals surface area contributed by atoms with E-state index in [0.29, 0.717) is 26.3 Å². The van der Waals surface area contributed by atoms with E-state index < -0.39 is 11.2 Å². The molecule has 402 valence electrons. The number of fused-ring (bicyclic) bond motifs is 6. The molecular weight excluding hydrogens is 1000 g/mol. The van der Waals surface area contributed by atoms with Gasteiger partial charge in [-0.15, -0.1) is 0 Å². The van der Waals surface area contributed by atoms with Crippen molar-refractivity contribution in [3.8, 4) is 0 Å². The molecule has 2 unspecified atom stereocenters. The van der Waals surface area contributed by atoms with Gasteiger partial charge in [0.1, 0.15) is 11.2 Å². The summed E-state index contributed by atoms with van der Waals surface area (Å²) in [5.41, 5.74) is 10.5. The maximum atomic E-state index is 12.6. The highest BCUT2D eigenvalue weighted by molar-refractivity contribution is 9.15. The largest absolute Gasteiger partial charge is 0.490 e. The maximum Gasteiger partial charge on any atom is 0.490 e. The van der Waals surface area contributed by atoms with E-state index in [1.807, 2.05) is 63.7 Å². The number of aromatic nitrogens is 6. The summed E-state index contributed by atoms with van der Waals surface area (Å²) in [6.07, 6.45) is 23.6. The van der Waals surface area contributed by atoms with Gasteiger partial charge in [0.25, 0.3) is 0 Å². The smallest absolute Gasteiger partial charge is 0.444 e. The third-order valence-electron chi connectivity index (χ3n) is 14.5. The Hall–Kier alpha value is -4.88.